The molecule has 1 aliphatic carbocycles. The van der Waals surface area contributed by atoms with Crippen molar-refractivity contribution >= 4 is 23.6 Å². The third-order valence-corrected chi connectivity index (χ3v) is 7.29. The zero-order valence-electron chi connectivity index (χ0n) is 24.6. The third-order valence-electron chi connectivity index (χ3n) is 7.29. The first-order valence-corrected chi connectivity index (χ1v) is 13.3. The van der Waals surface area contributed by atoms with E-state index in [0.29, 0.717) is 12.0 Å². The number of rotatable bonds is 4. The number of carbonyl (C=O) groups excluding carboxylic acids is 4. The molecule has 2 rings (SSSR count). The van der Waals surface area contributed by atoms with Gasteiger partial charge in [-0.05, 0) is 37.8 Å². The summed E-state index contributed by atoms with van der Waals surface area (Å²) in [6.07, 6.45) is 6.65. The fourth-order valence-electron chi connectivity index (χ4n) is 5.27. The summed E-state index contributed by atoms with van der Waals surface area (Å²) in [7, 11) is 4.64. The van der Waals surface area contributed by atoms with Crippen molar-refractivity contribution in [1.82, 2.24) is 5.32 Å². The number of nitrogens with two attached hydrogens (primary N) is 1. The maximum Gasteiger partial charge on any atom is 0.405 e. The van der Waals surface area contributed by atoms with Crippen LogP contribution in [0.2, 0.25) is 0 Å². The number of Topliss-reactive ketones (excluding diaryl/α,β-unsaturated/α-hetero) is 1. The molecule has 0 saturated heterocycles. The number of amides is 2. The Hall–Kier alpha value is -3.34. The predicted molar refractivity (Wildman–Crippen MR) is 150 cm³/mol. The summed E-state index contributed by atoms with van der Waals surface area (Å²) < 4.78 is 22.9. The first-order valence-electron chi connectivity index (χ1n) is 13.3. The number of allylic oxidation sites excluding steroid dienone is 5. The van der Waals surface area contributed by atoms with Gasteiger partial charge in [-0.15, -0.1) is 0 Å². The molecule has 0 spiro atoms. The van der Waals surface area contributed by atoms with E-state index in [-0.39, 0.29) is 29.0 Å². The first-order chi connectivity index (χ1) is 18.8. The minimum Gasteiger partial charge on any atom is -0.441 e. The summed E-state index contributed by atoms with van der Waals surface area (Å²) >= 11 is 0. The van der Waals surface area contributed by atoms with E-state index >= 15 is 0 Å². The lowest BCUT2D eigenvalue weighted by Gasteiger charge is -2.34. The van der Waals surface area contributed by atoms with Crippen molar-refractivity contribution in [2.75, 3.05) is 21.3 Å². The van der Waals surface area contributed by atoms with Crippen molar-refractivity contribution in [1.29, 1.82) is 0 Å². The van der Waals surface area contributed by atoms with Crippen LogP contribution in [0.1, 0.15) is 41.0 Å². The topological polar surface area (TPSA) is 143 Å². The van der Waals surface area contributed by atoms with Crippen LogP contribution < -0.4 is 11.1 Å². The van der Waals surface area contributed by atoms with Crippen molar-refractivity contribution in [3.63, 3.8) is 0 Å². The molecular weight excluding hydrogens is 516 g/mol. The number of ether oxygens (including phenoxy) is 4. The molecule has 0 aromatic carbocycles. The molecule has 3 N–H and O–H groups in total. The molecule has 0 fully saturated rings. The Balaban J connectivity index is 2.62. The van der Waals surface area contributed by atoms with Crippen molar-refractivity contribution in [2.45, 2.75) is 65.5 Å². The highest BCUT2D eigenvalue weighted by atomic mass is 16.6. The smallest absolute Gasteiger partial charge is 0.405 e. The molecule has 1 heterocycles. The van der Waals surface area contributed by atoms with Gasteiger partial charge in [-0.3, -0.25) is 14.4 Å². The van der Waals surface area contributed by atoms with E-state index in [1.807, 2.05) is 33.8 Å². The fraction of sp³-hybridized carbons (Fsp3) is 0.533. The number of hydrogen-bond donors (Lipinski definition) is 2. The second-order valence-corrected chi connectivity index (χ2v) is 10.4. The molecule has 10 nitrogen and oxygen atoms in total. The Morgan fingerprint density at radius 3 is 2.20 bits per heavy atom. The van der Waals surface area contributed by atoms with E-state index in [0.717, 1.165) is 11.6 Å². The highest BCUT2D eigenvalue weighted by Gasteiger charge is 2.36. The van der Waals surface area contributed by atoms with Crippen molar-refractivity contribution in [3.8, 4) is 0 Å². The van der Waals surface area contributed by atoms with Gasteiger partial charge in [-0.25, -0.2) is 4.79 Å². The van der Waals surface area contributed by atoms with Crippen LogP contribution in [0.3, 0.4) is 0 Å². The van der Waals surface area contributed by atoms with E-state index in [1.165, 1.54) is 13.2 Å². The Kier molecular flexibility index (Phi) is 12.2. The van der Waals surface area contributed by atoms with Crippen LogP contribution >= 0.6 is 0 Å². The molecule has 220 valence electrons. The Bertz CT molecular complexity index is 1130. The van der Waals surface area contributed by atoms with Gasteiger partial charge in [0.1, 0.15) is 6.10 Å². The Morgan fingerprint density at radius 2 is 1.62 bits per heavy atom. The lowest BCUT2D eigenvalue weighted by Crippen LogP contribution is -2.40. The normalized spacial score (nSPS) is 34.4. The van der Waals surface area contributed by atoms with Crippen LogP contribution in [0.5, 0.6) is 0 Å². The fourth-order valence-corrected chi connectivity index (χ4v) is 5.27. The summed E-state index contributed by atoms with van der Waals surface area (Å²) in [4.78, 5) is 50.5. The zero-order chi connectivity index (χ0) is 30.1. The van der Waals surface area contributed by atoms with Crippen LogP contribution in [0.25, 0.3) is 0 Å². The average molecular weight is 559 g/mol. The summed E-state index contributed by atoms with van der Waals surface area (Å²) in [5.74, 6) is -2.19. The van der Waals surface area contributed by atoms with Crippen LogP contribution in [0.15, 0.2) is 58.9 Å². The van der Waals surface area contributed by atoms with E-state index in [1.54, 1.807) is 39.4 Å². The van der Waals surface area contributed by atoms with Crippen molar-refractivity contribution in [3.05, 3.63) is 58.9 Å². The molecule has 1 aliphatic heterocycles. The van der Waals surface area contributed by atoms with Crippen molar-refractivity contribution < 1.29 is 38.1 Å². The number of methoxy groups -OCH3 is 3. The lowest BCUT2D eigenvalue weighted by atomic mass is 9.83. The maximum absolute atomic E-state index is 13.4. The van der Waals surface area contributed by atoms with Gasteiger partial charge in [0.25, 0.3) is 5.91 Å². The number of fused-ring (bicyclic) bond motifs is 2. The Labute approximate surface area is 236 Å². The molecule has 0 radical (unpaired) electrons. The maximum atomic E-state index is 13.4. The largest absolute Gasteiger partial charge is 0.441 e. The van der Waals surface area contributed by atoms with Crippen LogP contribution in [0, 0.1) is 17.8 Å². The predicted octanol–water partition coefficient (Wildman–Crippen LogP) is 3.33. The Morgan fingerprint density at radius 1 is 0.950 bits per heavy atom. The molecule has 2 aliphatic rings. The number of hydrogen-bond acceptors (Lipinski definition) is 8. The molecular formula is C30H42N2O8. The molecule has 10 heteroatoms. The summed E-state index contributed by atoms with van der Waals surface area (Å²) in [6, 6.07) is 0. The van der Waals surface area contributed by atoms with Gasteiger partial charge in [0.15, 0.2) is 5.78 Å². The average Bonchev–Trinajstić information content (AvgIpc) is 2.88. The highest BCUT2D eigenvalue weighted by molar-refractivity contribution is 6.22. The van der Waals surface area contributed by atoms with E-state index < -0.39 is 48.0 Å². The number of ketones is 2. The van der Waals surface area contributed by atoms with E-state index in [4.69, 9.17) is 24.7 Å². The summed E-state index contributed by atoms with van der Waals surface area (Å²) in [5, 5.41) is 2.56. The van der Waals surface area contributed by atoms with Crippen LogP contribution in [0.4, 0.5) is 4.79 Å². The van der Waals surface area contributed by atoms with Gasteiger partial charge >= 0.3 is 6.09 Å². The monoisotopic (exact) mass is 558 g/mol. The van der Waals surface area contributed by atoms with Crippen LogP contribution in [-0.4, -0.2) is 69.3 Å². The van der Waals surface area contributed by atoms with Gasteiger partial charge in [-0.1, -0.05) is 45.1 Å². The van der Waals surface area contributed by atoms with Gasteiger partial charge in [0, 0.05) is 50.4 Å². The van der Waals surface area contributed by atoms with Gasteiger partial charge in [0.2, 0.25) is 5.78 Å². The first kappa shape index (κ1) is 32.9. The number of nitrogens with one attached hydrogen (secondary N) is 1. The minimum atomic E-state index is -0.902. The van der Waals surface area contributed by atoms with Crippen molar-refractivity contribution in [2.24, 2.45) is 23.5 Å². The quantitative estimate of drug-likeness (QED) is 0.395. The molecule has 2 amide bonds. The lowest BCUT2D eigenvalue weighted by molar-refractivity contribution is -0.120. The van der Waals surface area contributed by atoms with Gasteiger partial charge in [0.05, 0.1) is 24.0 Å². The molecule has 40 heavy (non-hydrogen) atoms. The van der Waals surface area contributed by atoms with E-state index in [2.05, 4.69) is 5.32 Å². The number of primary amides is 1. The molecule has 1 unspecified atom stereocenters. The van der Waals surface area contributed by atoms with E-state index in [9.17, 15) is 19.2 Å². The zero-order valence-corrected chi connectivity index (χ0v) is 24.6. The molecule has 2 bridgehead atoms. The molecule has 0 aromatic heterocycles. The van der Waals surface area contributed by atoms with Gasteiger partial charge in [-0.2, -0.15) is 0 Å². The number of carbonyl (C=O) groups is 4. The second kappa shape index (κ2) is 14.9. The second-order valence-electron chi connectivity index (χ2n) is 10.4. The minimum absolute atomic E-state index is 0.119. The highest BCUT2D eigenvalue weighted by Crippen LogP contribution is 2.30. The molecule has 0 aromatic rings. The molecule has 7 atom stereocenters. The molecule has 0 saturated carbocycles. The summed E-state index contributed by atoms with van der Waals surface area (Å²) in [5.41, 5.74) is 6.49. The van der Waals surface area contributed by atoms with Crippen LogP contribution in [-0.2, 0) is 33.3 Å². The standard InChI is InChI=1S/C30H42N2O8/c1-16-10-9-11-17(2)29(35)32-23-15-21(33)14-22(25(23)34)27(38-7)20(5)13-24(37-6)28(39-8)19(4)12-18(3)26(16)40-30(31)36/h9-12,14-16,19-20,24,26-28H,13H2,1-8H3,(H2,31,36)(H,32,35)/b10-9-,17-11+,18-12+/t16-,19-,20-,24-,26+,27+,28?/m0/s1. The summed E-state index contributed by atoms with van der Waals surface area (Å²) in [6.45, 7) is 9.17. The SMILES string of the molecule is COC1[C@@H](OC)C[C@H](C)[C@@H](OC)C2=CC(=O)C=C(NC(=O)/C(C)=C/C=C\[C@H](C)[C@@H](OC(N)=O)/C(C)=C/[C@@H]1C)C2=O. The van der Waals surface area contributed by atoms with Gasteiger partial charge < -0.3 is 30.0 Å². The third kappa shape index (κ3) is 8.33.